The van der Waals surface area contributed by atoms with Crippen LogP contribution in [0, 0.1) is 28.6 Å². The Kier molecular flexibility index (Phi) is 5.36. The first-order chi connectivity index (χ1) is 14.6. The zero-order valence-corrected chi connectivity index (χ0v) is 16.3. The van der Waals surface area contributed by atoms with Crippen molar-refractivity contribution in [1.29, 1.82) is 10.5 Å². The standard InChI is InChI=1S/C21H21N7O2/c22-6-5-18(14-3-1-2-4-14)27-12-16(10-26-27)21-15(8-23)9-25-28-13-17(7-19(21)28)24-11-20(29)30/h7,9-10,12-14,18,24H,1-5,11H2,(H,29,30). The Bertz CT molecular complexity index is 1160. The lowest BCUT2D eigenvalue weighted by Crippen LogP contribution is -2.17. The molecule has 0 aromatic carbocycles. The van der Waals surface area contributed by atoms with Gasteiger partial charge in [-0.3, -0.25) is 9.48 Å². The summed E-state index contributed by atoms with van der Waals surface area (Å²) in [7, 11) is 0. The van der Waals surface area contributed by atoms with Crippen LogP contribution in [0.1, 0.15) is 43.7 Å². The second-order valence-electron chi connectivity index (χ2n) is 7.53. The van der Waals surface area contributed by atoms with E-state index < -0.39 is 5.97 Å². The monoisotopic (exact) mass is 403 g/mol. The van der Waals surface area contributed by atoms with Crippen LogP contribution in [0.4, 0.5) is 5.69 Å². The van der Waals surface area contributed by atoms with Crippen LogP contribution in [0.15, 0.2) is 30.9 Å². The third-order valence-corrected chi connectivity index (χ3v) is 5.68. The minimum Gasteiger partial charge on any atom is -0.480 e. The van der Waals surface area contributed by atoms with E-state index in [4.69, 9.17) is 5.11 Å². The number of rotatable bonds is 7. The Hall–Kier alpha value is -3.85. The number of nitrogens with zero attached hydrogens (tertiary/aromatic N) is 6. The van der Waals surface area contributed by atoms with Gasteiger partial charge in [0, 0.05) is 17.3 Å². The van der Waals surface area contributed by atoms with E-state index in [1.165, 1.54) is 19.0 Å². The summed E-state index contributed by atoms with van der Waals surface area (Å²) >= 11 is 0. The number of carbonyl (C=O) groups is 1. The van der Waals surface area contributed by atoms with Crippen LogP contribution < -0.4 is 5.32 Å². The van der Waals surface area contributed by atoms with E-state index in [9.17, 15) is 15.3 Å². The fraction of sp³-hybridized carbons (Fsp3) is 0.381. The molecule has 0 amide bonds. The zero-order chi connectivity index (χ0) is 21.1. The quantitative estimate of drug-likeness (QED) is 0.619. The summed E-state index contributed by atoms with van der Waals surface area (Å²) in [6.45, 7) is -0.216. The Morgan fingerprint density at radius 2 is 2.07 bits per heavy atom. The molecule has 9 nitrogen and oxygen atoms in total. The average molecular weight is 403 g/mol. The summed E-state index contributed by atoms with van der Waals surface area (Å²) in [4.78, 5) is 10.8. The minimum atomic E-state index is -0.965. The number of carboxylic acid groups (broad SMARTS) is 1. The van der Waals surface area contributed by atoms with Crippen LogP contribution in [-0.2, 0) is 4.79 Å². The second kappa shape index (κ2) is 8.26. The molecule has 0 bridgehead atoms. The number of aromatic nitrogens is 4. The van der Waals surface area contributed by atoms with Gasteiger partial charge in [0.1, 0.15) is 12.6 Å². The first kappa shape index (κ1) is 19.5. The number of hydrogen-bond acceptors (Lipinski definition) is 6. The molecule has 1 aliphatic rings. The summed E-state index contributed by atoms with van der Waals surface area (Å²) in [5.74, 6) is -0.529. The minimum absolute atomic E-state index is 0.0224. The summed E-state index contributed by atoms with van der Waals surface area (Å²) in [5.41, 5.74) is 3.13. The predicted octanol–water partition coefficient (Wildman–Crippen LogP) is 3.21. The highest BCUT2D eigenvalue weighted by atomic mass is 16.4. The van der Waals surface area contributed by atoms with Gasteiger partial charge in [-0.1, -0.05) is 12.8 Å². The van der Waals surface area contributed by atoms with E-state index in [0.29, 0.717) is 34.7 Å². The molecule has 1 saturated carbocycles. The molecule has 0 aliphatic heterocycles. The first-order valence-corrected chi connectivity index (χ1v) is 9.89. The van der Waals surface area contributed by atoms with E-state index in [1.807, 2.05) is 10.9 Å². The van der Waals surface area contributed by atoms with Gasteiger partial charge in [0.25, 0.3) is 0 Å². The molecule has 0 saturated heterocycles. The molecule has 0 radical (unpaired) electrons. The van der Waals surface area contributed by atoms with Gasteiger partial charge in [0.2, 0.25) is 0 Å². The lowest BCUT2D eigenvalue weighted by atomic mass is 9.96. The number of fused-ring (bicyclic) bond motifs is 1. The molecule has 9 heteroatoms. The van der Waals surface area contributed by atoms with Gasteiger partial charge in [0.15, 0.2) is 0 Å². The topological polar surface area (TPSA) is 132 Å². The van der Waals surface area contributed by atoms with Crippen molar-refractivity contribution in [2.45, 2.75) is 38.1 Å². The van der Waals surface area contributed by atoms with Crippen molar-refractivity contribution < 1.29 is 9.90 Å². The molecule has 3 heterocycles. The molecule has 1 atom stereocenters. The van der Waals surface area contributed by atoms with Crippen molar-refractivity contribution in [3.8, 4) is 23.3 Å². The first-order valence-electron chi connectivity index (χ1n) is 9.89. The molecule has 1 aliphatic carbocycles. The Balaban J connectivity index is 1.74. The number of hydrogen-bond donors (Lipinski definition) is 2. The van der Waals surface area contributed by atoms with Crippen molar-refractivity contribution in [2.75, 3.05) is 11.9 Å². The summed E-state index contributed by atoms with van der Waals surface area (Å²) in [5, 5.41) is 39.4. The molecule has 3 aromatic heterocycles. The highest BCUT2D eigenvalue weighted by Crippen LogP contribution is 2.37. The maximum absolute atomic E-state index is 10.8. The van der Waals surface area contributed by atoms with Gasteiger partial charge in [-0.15, -0.1) is 0 Å². The van der Waals surface area contributed by atoms with Gasteiger partial charge in [-0.05, 0) is 24.8 Å². The molecular formula is C21H21N7O2. The van der Waals surface area contributed by atoms with Gasteiger partial charge < -0.3 is 10.4 Å². The molecule has 2 N–H and O–H groups in total. The smallest absolute Gasteiger partial charge is 0.322 e. The molecule has 1 fully saturated rings. The highest BCUT2D eigenvalue weighted by Gasteiger charge is 2.27. The van der Waals surface area contributed by atoms with Crippen LogP contribution in [0.2, 0.25) is 0 Å². The fourth-order valence-corrected chi connectivity index (χ4v) is 4.28. The van der Waals surface area contributed by atoms with Gasteiger partial charge >= 0.3 is 5.97 Å². The van der Waals surface area contributed by atoms with Crippen molar-refractivity contribution in [3.63, 3.8) is 0 Å². The van der Waals surface area contributed by atoms with Crippen LogP contribution >= 0.6 is 0 Å². The summed E-state index contributed by atoms with van der Waals surface area (Å²) < 4.78 is 3.47. The number of anilines is 1. The van der Waals surface area contributed by atoms with E-state index in [-0.39, 0.29) is 12.6 Å². The van der Waals surface area contributed by atoms with Gasteiger partial charge in [-0.2, -0.15) is 20.7 Å². The molecule has 152 valence electrons. The highest BCUT2D eigenvalue weighted by molar-refractivity contribution is 5.86. The largest absolute Gasteiger partial charge is 0.480 e. The Morgan fingerprint density at radius 1 is 1.27 bits per heavy atom. The Labute approximate surface area is 173 Å². The number of nitrogens with one attached hydrogen (secondary N) is 1. The third-order valence-electron chi connectivity index (χ3n) is 5.68. The van der Waals surface area contributed by atoms with E-state index in [2.05, 4.69) is 27.7 Å². The van der Waals surface area contributed by atoms with Crippen molar-refractivity contribution >= 4 is 17.2 Å². The molecule has 3 aromatic rings. The van der Waals surface area contributed by atoms with Crippen LogP contribution in [0.25, 0.3) is 16.6 Å². The fourth-order valence-electron chi connectivity index (χ4n) is 4.28. The lowest BCUT2D eigenvalue weighted by molar-refractivity contribution is -0.134. The maximum atomic E-state index is 10.8. The molecular weight excluding hydrogens is 382 g/mol. The Morgan fingerprint density at radius 3 is 2.77 bits per heavy atom. The normalized spacial score (nSPS) is 15.0. The van der Waals surface area contributed by atoms with Crippen molar-refractivity contribution in [2.24, 2.45) is 5.92 Å². The van der Waals surface area contributed by atoms with Gasteiger partial charge in [0.05, 0.1) is 53.9 Å². The maximum Gasteiger partial charge on any atom is 0.322 e. The average Bonchev–Trinajstić information content (AvgIpc) is 3.50. The summed E-state index contributed by atoms with van der Waals surface area (Å²) in [6, 6.07) is 6.27. The third kappa shape index (κ3) is 3.70. The predicted molar refractivity (Wildman–Crippen MR) is 108 cm³/mol. The van der Waals surface area contributed by atoms with Gasteiger partial charge in [-0.25, -0.2) is 4.52 Å². The van der Waals surface area contributed by atoms with Crippen LogP contribution in [0.3, 0.4) is 0 Å². The molecule has 4 rings (SSSR count). The lowest BCUT2D eigenvalue weighted by Gasteiger charge is -2.21. The van der Waals surface area contributed by atoms with E-state index >= 15 is 0 Å². The van der Waals surface area contributed by atoms with E-state index in [0.717, 1.165) is 18.4 Å². The van der Waals surface area contributed by atoms with Crippen molar-refractivity contribution in [3.05, 3.63) is 36.4 Å². The number of aliphatic carboxylic acids is 1. The number of carboxylic acids is 1. The van der Waals surface area contributed by atoms with Crippen LogP contribution in [-0.4, -0.2) is 37.0 Å². The number of nitriles is 2. The molecule has 30 heavy (non-hydrogen) atoms. The zero-order valence-electron chi connectivity index (χ0n) is 16.3. The van der Waals surface area contributed by atoms with Crippen LogP contribution in [0.5, 0.6) is 0 Å². The van der Waals surface area contributed by atoms with Crippen molar-refractivity contribution in [1.82, 2.24) is 19.4 Å². The molecule has 0 spiro atoms. The van der Waals surface area contributed by atoms with E-state index in [1.54, 1.807) is 23.0 Å². The molecule has 1 unspecified atom stereocenters. The summed E-state index contributed by atoms with van der Waals surface area (Å²) in [6.07, 6.45) is 11.7. The second-order valence-corrected chi connectivity index (χ2v) is 7.53. The SMILES string of the molecule is N#CCC(C1CCCC1)n1cc(-c2c(C#N)cnn3cc(NCC(=O)O)cc23)cn1.